The van der Waals surface area contributed by atoms with E-state index in [0.29, 0.717) is 40.7 Å². The fourth-order valence-corrected chi connectivity index (χ4v) is 3.90. The normalized spacial score (nSPS) is 16.9. The van der Waals surface area contributed by atoms with Crippen molar-refractivity contribution in [2.24, 2.45) is 0 Å². The lowest BCUT2D eigenvalue weighted by molar-refractivity contribution is -0.132. The number of nitrogens with zero attached hydrogens (tertiary/aromatic N) is 2. The first-order valence-corrected chi connectivity index (χ1v) is 10.7. The summed E-state index contributed by atoms with van der Waals surface area (Å²) < 4.78 is 21.5. The van der Waals surface area contributed by atoms with Crippen molar-refractivity contribution >= 4 is 23.3 Å². The molecule has 2 aromatic carbocycles. The number of carbonyl (C=O) groups excluding carboxylic acids is 2. The molecular formula is C26H24N2O7. The van der Waals surface area contributed by atoms with Gasteiger partial charge >= 0.3 is 5.91 Å². The summed E-state index contributed by atoms with van der Waals surface area (Å²) in [5.41, 5.74) is 0.637. The number of hydrogen-bond donors (Lipinski definition) is 1. The van der Waals surface area contributed by atoms with E-state index in [0.717, 1.165) is 0 Å². The van der Waals surface area contributed by atoms with Crippen molar-refractivity contribution in [3.05, 3.63) is 83.6 Å². The predicted molar refractivity (Wildman–Crippen MR) is 128 cm³/mol. The van der Waals surface area contributed by atoms with E-state index in [4.69, 9.17) is 18.7 Å². The molecule has 0 saturated carbocycles. The second-order valence-electron chi connectivity index (χ2n) is 7.70. The highest BCUT2D eigenvalue weighted by Crippen LogP contribution is 2.45. The molecule has 0 spiro atoms. The van der Waals surface area contributed by atoms with Gasteiger partial charge in [-0.2, -0.15) is 0 Å². The summed E-state index contributed by atoms with van der Waals surface area (Å²) in [5.74, 6) is -0.0682. The highest BCUT2D eigenvalue weighted by atomic mass is 16.5. The smallest absolute Gasteiger partial charge is 0.301 e. The van der Waals surface area contributed by atoms with Crippen LogP contribution in [-0.2, 0) is 9.59 Å². The van der Waals surface area contributed by atoms with Gasteiger partial charge in [-0.15, -0.1) is 0 Å². The quantitative estimate of drug-likeness (QED) is 0.223. The summed E-state index contributed by atoms with van der Waals surface area (Å²) >= 11 is 0. The third-order valence-corrected chi connectivity index (χ3v) is 5.53. The van der Waals surface area contributed by atoms with Crippen molar-refractivity contribution in [3.8, 4) is 17.2 Å². The molecule has 1 aromatic heterocycles. The molecule has 0 radical (unpaired) electrons. The SMILES string of the molecule is C=CCOc1ccc(C(O)=C2C(=O)C(=O)N(c3cc(C)on3)[C@H]2c2cc(OC)ccc2OC)cc1. The third kappa shape index (κ3) is 4.35. The Morgan fingerprint density at radius 3 is 2.43 bits per heavy atom. The van der Waals surface area contributed by atoms with Crippen molar-refractivity contribution in [2.45, 2.75) is 13.0 Å². The van der Waals surface area contributed by atoms with E-state index in [1.807, 2.05) is 0 Å². The average molecular weight is 476 g/mol. The summed E-state index contributed by atoms with van der Waals surface area (Å²) in [6.45, 7) is 5.60. The first kappa shape index (κ1) is 23.6. The molecule has 9 nitrogen and oxygen atoms in total. The standard InChI is InChI=1S/C26H24N2O7/c1-5-12-34-17-8-6-16(7-9-17)24(29)22-23(19-14-18(32-3)10-11-20(19)33-4)28(26(31)25(22)30)21-13-15(2)35-27-21/h5-11,13-14,23,29H,1,12H2,2-4H3/t23-/m0/s1. The second kappa shape index (κ2) is 9.76. The maximum Gasteiger partial charge on any atom is 0.301 e. The lowest BCUT2D eigenvalue weighted by Gasteiger charge is -2.24. The van der Waals surface area contributed by atoms with E-state index in [9.17, 15) is 14.7 Å². The summed E-state index contributed by atoms with van der Waals surface area (Å²) in [6.07, 6.45) is 1.61. The van der Waals surface area contributed by atoms with Gasteiger partial charge in [-0.1, -0.05) is 17.8 Å². The number of ether oxygens (including phenoxy) is 3. The van der Waals surface area contributed by atoms with Crippen LogP contribution in [0.25, 0.3) is 5.76 Å². The largest absolute Gasteiger partial charge is 0.507 e. The maximum atomic E-state index is 13.3. The minimum Gasteiger partial charge on any atom is -0.507 e. The fourth-order valence-electron chi connectivity index (χ4n) is 3.90. The Balaban J connectivity index is 1.92. The number of Topliss-reactive ketones (excluding diaryl/α,β-unsaturated/α-hetero) is 1. The van der Waals surface area contributed by atoms with Crippen molar-refractivity contribution < 1.29 is 33.4 Å². The zero-order valence-electron chi connectivity index (χ0n) is 19.5. The van der Waals surface area contributed by atoms with Crippen LogP contribution >= 0.6 is 0 Å². The van der Waals surface area contributed by atoms with E-state index in [2.05, 4.69) is 11.7 Å². The Hall–Kier alpha value is -4.53. The fraction of sp³-hybridized carbons (Fsp3) is 0.192. The number of methoxy groups -OCH3 is 2. The van der Waals surface area contributed by atoms with Gasteiger partial charge in [0.15, 0.2) is 5.82 Å². The maximum absolute atomic E-state index is 13.3. The lowest BCUT2D eigenvalue weighted by Crippen LogP contribution is -2.30. The molecule has 2 heterocycles. The molecule has 1 aliphatic rings. The predicted octanol–water partition coefficient (Wildman–Crippen LogP) is 4.19. The van der Waals surface area contributed by atoms with E-state index < -0.39 is 17.7 Å². The summed E-state index contributed by atoms with van der Waals surface area (Å²) in [4.78, 5) is 27.7. The Bertz CT molecular complexity index is 1310. The molecule has 4 rings (SSSR count). The van der Waals surface area contributed by atoms with Crippen molar-refractivity contribution in [1.82, 2.24) is 5.16 Å². The molecule has 1 saturated heterocycles. The second-order valence-corrected chi connectivity index (χ2v) is 7.70. The number of anilines is 1. The van der Waals surface area contributed by atoms with E-state index in [-0.39, 0.29) is 17.2 Å². The van der Waals surface area contributed by atoms with Crippen LogP contribution in [0.1, 0.15) is 22.9 Å². The van der Waals surface area contributed by atoms with Gasteiger partial charge in [-0.3, -0.25) is 14.5 Å². The number of carbonyl (C=O) groups is 2. The third-order valence-electron chi connectivity index (χ3n) is 5.53. The number of amides is 1. The molecule has 0 aliphatic carbocycles. The molecule has 1 aliphatic heterocycles. The summed E-state index contributed by atoms with van der Waals surface area (Å²) in [7, 11) is 2.97. The van der Waals surface area contributed by atoms with Crippen LogP contribution in [0.3, 0.4) is 0 Å². The van der Waals surface area contributed by atoms with E-state index >= 15 is 0 Å². The van der Waals surface area contributed by atoms with Gasteiger partial charge < -0.3 is 23.8 Å². The van der Waals surface area contributed by atoms with Crippen molar-refractivity contribution in [1.29, 1.82) is 0 Å². The van der Waals surface area contributed by atoms with Gasteiger partial charge in [0.1, 0.15) is 41.4 Å². The van der Waals surface area contributed by atoms with Crippen LogP contribution in [0.2, 0.25) is 0 Å². The number of rotatable bonds is 8. The molecule has 180 valence electrons. The topological polar surface area (TPSA) is 111 Å². The first-order valence-electron chi connectivity index (χ1n) is 10.7. The molecule has 1 fully saturated rings. The minimum atomic E-state index is -1.05. The van der Waals surface area contributed by atoms with Crippen LogP contribution in [0.5, 0.6) is 17.2 Å². The number of aliphatic hydroxyl groups excluding tert-OH is 1. The lowest BCUT2D eigenvalue weighted by atomic mass is 9.94. The number of ketones is 1. The summed E-state index contributed by atoms with van der Waals surface area (Å²) in [5, 5.41) is 15.2. The molecule has 0 unspecified atom stereocenters. The summed E-state index contributed by atoms with van der Waals surface area (Å²) in [6, 6.07) is 12.0. The van der Waals surface area contributed by atoms with Gasteiger partial charge in [0.2, 0.25) is 0 Å². The van der Waals surface area contributed by atoms with Crippen LogP contribution in [0.4, 0.5) is 5.82 Å². The van der Waals surface area contributed by atoms with Gasteiger partial charge in [0, 0.05) is 17.2 Å². The number of benzene rings is 2. The first-order chi connectivity index (χ1) is 16.9. The Labute approximate surface area is 201 Å². The average Bonchev–Trinajstić information content (AvgIpc) is 3.42. The van der Waals surface area contributed by atoms with Crippen LogP contribution < -0.4 is 19.1 Å². The monoisotopic (exact) mass is 476 g/mol. The minimum absolute atomic E-state index is 0.123. The van der Waals surface area contributed by atoms with Gasteiger partial charge in [-0.05, 0) is 49.4 Å². The highest BCUT2D eigenvalue weighted by molar-refractivity contribution is 6.51. The number of aliphatic hydroxyl groups is 1. The molecule has 3 aromatic rings. The van der Waals surface area contributed by atoms with Crippen LogP contribution in [0.15, 0.2) is 71.3 Å². The van der Waals surface area contributed by atoms with Crippen molar-refractivity contribution in [3.63, 3.8) is 0 Å². The van der Waals surface area contributed by atoms with Crippen LogP contribution in [0, 0.1) is 6.92 Å². The van der Waals surface area contributed by atoms with Gasteiger partial charge in [0.25, 0.3) is 5.78 Å². The zero-order valence-corrected chi connectivity index (χ0v) is 19.5. The van der Waals surface area contributed by atoms with Crippen molar-refractivity contribution in [2.75, 3.05) is 25.7 Å². The Kier molecular flexibility index (Phi) is 6.59. The van der Waals surface area contributed by atoms with Gasteiger partial charge in [-0.25, -0.2) is 0 Å². The molecule has 0 bridgehead atoms. The zero-order chi connectivity index (χ0) is 25.1. The molecule has 1 amide bonds. The molecule has 1 N–H and O–H groups in total. The highest BCUT2D eigenvalue weighted by Gasteiger charge is 2.49. The molecular weight excluding hydrogens is 452 g/mol. The van der Waals surface area contributed by atoms with Crippen LogP contribution in [-0.4, -0.2) is 42.8 Å². The molecule has 35 heavy (non-hydrogen) atoms. The number of aryl methyl sites for hydroxylation is 1. The van der Waals surface area contributed by atoms with E-state index in [1.165, 1.54) is 25.2 Å². The van der Waals surface area contributed by atoms with Gasteiger partial charge in [0.05, 0.1) is 19.8 Å². The Morgan fingerprint density at radius 2 is 1.83 bits per heavy atom. The number of hydrogen-bond acceptors (Lipinski definition) is 8. The molecule has 9 heteroatoms. The number of aromatic nitrogens is 1. The van der Waals surface area contributed by atoms with E-state index in [1.54, 1.807) is 55.5 Å². The Morgan fingerprint density at radius 1 is 1.11 bits per heavy atom. The molecule has 1 atom stereocenters.